The fourth-order valence-electron chi connectivity index (χ4n) is 2.46. The van der Waals surface area contributed by atoms with E-state index in [0.717, 1.165) is 6.07 Å². The van der Waals surface area contributed by atoms with Crippen molar-refractivity contribution in [3.63, 3.8) is 0 Å². The first-order valence-electron chi connectivity index (χ1n) is 7.73. The van der Waals surface area contributed by atoms with E-state index in [1.165, 1.54) is 0 Å². The van der Waals surface area contributed by atoms with Crippen molar-refractivity contribution < 1.29 is 22.4 Å². The number of benzene rings is 1. The zero-order valence-electron chi connectivity index (χ0n) is 13.5. The molecule has 0 spiro atoms. The number of rotatable bonds is 7. The summed E-state index contributed by atoms with van der Waals surface area (Å²) in [6.07, 6.45) is 3.09. The van der Waals surface area contributed by atoms with Gasteiger partial charge in [0.25, 0.3) is 0 Å². The summed E-state index contributed by atoms with van der Waals surface area (Å²) in [5, 5.41) is 2.47. The van der Waals surface area contributed by atoms with Gasteiger partial charge in [0.1, 0.15) is 17.3 Å². The van der Waals surface area contributed by atoms with Crippen LogP contribution in [0.25, 0.3) is 0 Å². The number of hydrogen-bond donors (Lipinski definition) is 1. The molecular weight excluding hydrogens is 410 g/mol. The Morgan fingerprint density at radius 2 is 1.69 bits per heavy atom. The first-order valence-corrected chi connectivity index (χ1v) is 8.52. The van der Waals surface area contributed by atoms with Crippen LogP contribution in [-0.4, -0.2) is 17.4 Å². The Kier molecular flexibility index (Phi) is 5.85. The number of nitrogens with one attached hydrogen (secondary N) is 1. The Labute approximate surface area is 156 Å². The van der Waals surface area contributed by atoms with E-state index >= 15 is 0 Å². The second-order valence-corrected chi connectivity index (χ2v) is 6.45. The van der Waals surface area contributed by atoms with Gasteiger partial charge < -0.3 is 14.2 Å². The third kappa shape index (κ3) is 4.80. The molecule has 0 aliphatic carbocycles. The first-order chi connectivity index (χ1) is 12.5. The van der Waals surface area contributed by atoms with Gasteiger partial charge in [0.05, 0.1) is 37.8 Å². The number of carbonyl (C=O) groups is 1. The van der Waals surface area contributed by atoms with Crippen molar-refractivity contribution in [1.82, 2.24) is 4.90 Å². The van der Waals surface area contributed by atoms with Gasteiger partial charge in [-0.2, -0.15) is 0 Å². The van der Waals surface area contributed by atoms with E-state index in [1.807, 2.05) is 0 Å². The summed E-state index contributed by atoms with van der Waals surface area (Å²) in [6.45, 7) is 0.701. The Bertz CT molecular complexity index is 807. The lowest BCUT2D eigenvalue weighted by Gasteiger charge is -2.20. The van der Waals surface area contributed by atoms with Gasteiger partial charge in [-0.05, 0) is 46.3 Å². The molecular formula is C18H15BrF2N2O3. The maximum Gasteiger partial charge on any atom is 0.238 e. The molecule has 1 aromatic carbocycles. The van der Waals surface area contributed by atoms with Crippen LogP contribution in [0.15, 0.2) is 62.2 Å². The molecule has 1 amide bonds. The molecule has 0 fully saturated rings. The minimum Gasteiger partial charge on any atom is -0.468 e. The van der Waals surface area contributed by atoms with Gasteiger partial charge in [0, 0.05) is 10.5 Å². The van der Waals surface area contributed by atoms with Crippen LogP contribution in [0.2, 0.25) is 0 Å². The SMILES string of the molecule is O=C(CN(Cc1ccco1)Cc1ccco1)Nc1c(F)cc(F)cc1Br. The highest BCUT2D eigenvalue weighted by Crippen LogP contribution is 2.27. The van der Waals surface area contributed by atoms with E-state index < -0.39 is 17.5 Å². The fraction of sp³-hybridized carbons (Fsp3) is 0.167. The third-order valence-electron chi connectivity index (χ3n) is 3.56. The van der Waals surface area contributed by atoms with Crippen molar-refractivity contribution in [2.75, 3.05) is 11.9 Å². The average molecular weight is 425 g/mol. The molecule has 0 saturated carbocycles. The van der Waals surface area contributed by atoms with E-state index in [2.05, 4.69) is 21.2 Å². The van der Waals surface area contributed by atoms with Crippen molar-refractivity contribution in [1.29, 1.82) is 0 Å². The maximum absolute atomic E-state index is 13.9. The predicted octanol–water partition coefficient (Wildman–Crippen LogP) is 4.55. The highest BCUT2D eigenvalue weighted by Gasteiger charge is 2.17. The van der Waals surface area contributed by atoms with E-state index in [9.17, 15) is 13.6 Å². The minimum atomic E-state index is -0.853. The van der Waals surface area contributed by atoms with Gasteiger partial charge in [0.15, 0.2) is 5.82 Å². The van der Waals surface area contributed by atoms with Crippen LogP contribution in [0.5, 0.6) is 0 Å². The van der Waals surface area contributed by atoms with Crippen LogP contribution in [0.1, 0.15) is 11.5 Å². The normalized spacial score (nSPS) is 11.1. The van der Waals surface area contributed by atoms with Crippen LogP contribution in [0, 0.1) is 11.6 Å². The van der Waals surface area contributed by atoms with Gasteiger partial charge in [-0.1, -0.05) is 0 Å². The summed E-state index contributed by atoms with van der Waals surface area (Å²) in [7, 11) is 0. The van der Waals surface area contributed by atoms with E-state index in [-0.39, 0.29) is 16.7 Å². The molecule has 0 radical (unpaired) electrons. The molecule has 8 heteroatoms. The largest absolute Gasteiger partial charge is 0.468 e. The van der Waals surface area contributed by atoms with Gasteiger partial charge in [0.2, 0.25) is 5.91 Å². The molecule has 5 nitrogen and oxygen atoms in total. The highest BCUT2D eigenvalue weighted by atomic mass is 79.9. The lowest BCUT2D eigenvalue weighted by Crippen LogP contribution is -2.32. The zero-order valence-corrected chi connectivity index (χ0v) is 15.1. The van der Waals surface area contributed by atoms with Crippen molar-refractivity contribution >= 4 is 27.5 Å². The number of amides is 1. The Morgan fingerprint density at radius 1 is 1.08 bits per heavy atom. The second-order valence-electron chi connectivity index (χ2n) is 5.60. The second kappa shape index (κ2) is 8.29. The lowest BCUT2D eigenvalue weighted by atomic mass is 10.3. The van der Waals surface area contributed by atoms with Crippen LogP contribution in [-0.2, 0) is 17.9 Å². The third-order valence-corrected chi connectivity index (χ3v) is 4.18. The quantitative estimate of drug-likeness (QED) is 0.604. The lowest BCUT2D eigenvalue weighted by molar-refractivity contribution is -0.117. The van der Waals surface area contributed by atoms with Crippen molar-refractivity contribution in [3.05, 3.63) is 76.6 Å². The Balaban J connectivity index is 1.70. The van der Waals surface area contributed by atoms with Gasteiger partial charge in [-0.15, -0.1) is 0 Å². The molecule has 1 N–H and O–H groups in total. The minimum absolute atomic E-state index is 0.0370. The summed E-state index contributed by atoms with van der Waals surface area (Å²) >= 11 is 3.05. The van der Waals surface area contributed by atoms with Gasteiger partial charge >= 0.3 is 0 Å². The van der Waals surface area contributed by atoms with Gasteiger partial charge in [-0.25, -0.2) is 8.78 Å². The predicted molar refractivity (Wildman–Crippen MR) is 94.2 cm³/mol. The molecule has 0 unspecified atom stereocenters. The number of hydrogen-bond acceptors (Lipinski definition) is 4. The molecule has 0 atom stereocenters. The molecule has 26 heavy (non-hydrogen) atoms. The van der Waals surface area contributed by atoms with Crippen LogP contribution in [0.3, 0.4) is 0 Å². The van der Waals surface area contributed by atoms with Crippen LogP contribution in [0.4, 0.5) is 14.5 Å². The van der Waals surface area contributed by atoms with E-state index in [1.54, 1.807) is 41.7 Å². The Morgan fingerprint density at radius 3 is 2.19 bits per heavy atom. The maximum atomic E-state index is 13.9. The molecule has 3 rings (SSSR count). The molecule has 0 aliphatic rings. The summed E-state index contributed by atoms with van der Waals surface area (Å²) in [6, 6.07) is 8.90. The Hall–Kier alpha value is -2.45. The summed E-state index contributed by atoms with van der Waals surface area (Å²) < 4.78 is 37.8. The van der Waals surface area contributed by atoms with E-state index in [4.69, 9.17) is 8.83 Å². The number of nitrogens with zero attached hydrogens (tertiary/aromatic N) is 1. The number of halogens is 3. The number of furan rings is 2. The standard InChI is InChI=1S/C18H15BrF2N2O3/c19-15-7-12(20)8-16(21)18(15)22-17(24)11-23(9-13-3-1-5-25-13)10-14-4-2-6-26-14/h1-8H,9-11H2,(H,22,24). The molecule has 0 saturated heterocycles. The van der Waals surface area contributed by atoms with Crippen LogP contribution < -0.4 is 5.32 Å². The summed E-state index contributed by atoms with van der Waals surface area (Å²) in [5.74, 6) is -0.676. The monoisotopic (exact) mass is 424 g/mol. The van der Waals surface area contributed by atoms with Crippen molar-refractivity contribution in [3.8, 4) is 0 Å². The fourth-order valence-corrected chi connectivity index (χ4v) is 2.96. The number of carbonyl (C=O) groups excluding carboxylic acids is 1. The number of anilines is 1. The molecule has 0 aliphatic heterocycles. The molecule has 2 heterocycles. The smallest absolute Gasteiger partial charge is 0.238 e. The van der Waals surface area contributed by atoms with Crippen molar-refractivity contribution in [2.45, 2.75) is 13.1 Å². The zero-order chi connectivity index (χ0) is 18.5. The molecule has 3 aromatic rings. The van der Waals surface area contributed by atoms with Crippen molar-refractivity contribution in [2.24, 2.45) is 0 Å². The first kappa shape index (κ1) is 18.3. The highest BCUT2D eigenvalue weighted by molar-refractivity contribution is 9.10. The summed E-state index contributed by atoms with van der Waals surface area (Å²) in [5.41, 5.74) is -0.104. The molecule has 2 aromatic heterocycles. The van der Waals surface area contributed by atoms with Crippen LogP contribution >= 0.6 is 15.9 Å². The average Bonchev–Trinajstić information content (AvgIpc) is 3.24. The molecule has 136 valence electrons. The topological polar surface area (TPSA) is 58.6 Å². The van der Waals surface area contributed by atoms with E-state index in [0.29, 0.717) is 30.7 Å². The summed E-state index contributed by atoms with van der Waals surface area (Å²) in [4.78, 5) is 14.2. The van der Waals surface area contributed by atoms with Gasteiger partial charge in [-0.3, -0.25) is 9.69 Å². The molecule has 0 bridgehead atoms.